The van der Waals surface area contributed by atoms with E-state index < -0.39 is 0 Å². The van der Waals surface area contributed by atoms with Gasteiger partial charge >= 0.3 is 0 Å². The van der Waals surface area contributed by atoms with Gasteiger partial charge in [-0.2, -0.15) is 0 Å². The Bertz CT molecular complexity index is 600. The van der Waals surface area contributed by atoms with E-state index in [9.17, 15) is 9.90 Å². The van der Waals surface area contributed by atoms with Gasteiger partial charge in [0, 0.05) is 31.6 Å². The topological polar surface area (TPSA) is 69.6 Å². The molecule has 1 unspecified atom stereocenters. The first-order valence-corrected chi connectivity index (χ1v) is 8.75. The van der Waals surface area contributed by atoms with Gasteiger partial charge in [-0.1, -0.05) is 6.08 Å². The zero-order valence-corrected chi connectivity index (χ0v) is 14.2. The summed E-state index contributed by atoms with van der Waals surface area (Å²) in [5.41, 5.74) is 0.245. The van der Waals surface area contributed by atoms with Crippen LogP contribution < -0.4 is 4.90 Å². The van der Waals surface area contributed by atoms with Crippen molar-refractivity contribution < 1.29 is 9.90 Å². The summed E-state index contributed by atoms with van der Waals surface area (Å²) >= 11 is 0. The van der Waals surface area contributed by atoms with Crippen LogP contribution in [0.15, 0.2) is 25.0 Å². The van der Waals surface area contributed by atoms with Crippen LogP contribution in [-0.2, 0) is 0 Å². The van der Waals surface area contributed by atoms with E-state index in [1.807, 2.05) is 11.0 Å². The molecule has 0 aromatic carbocycles. The van der Waals surface area contributed by atoms with Crippen LogP contribution in [0.5, 0.6) is 0 Å². The predicted octanol–water partition coefficient (Wildman–Crippen LogP) is 1.87. The maximum atomic E-state index is 12.5. The fourth-order valence-electron chi connectivity index (χ4n) is 3.76. The average Bonchev–Trinajstić information content (AvgIpc) is 3.16. The third kappa shape index (κ3) is 3.43. The Kier molecular flexibility index (Phi) is 5.14. The maximum Gasteiger partial charge on any atom is 0.274 e. The van der Waals surface area contributed by atoms with Crippen LogP contribution in [0.2, 0.25) is 0 Å². The van der Waals surface area contributed by atoms with Crippen LogP contribution in [-0.4, -0.2) is 58.7 Å². The standard InChI is InChI=1S/C18H26N4O2/c1-2-6-18(14-23)7-5-10-22(13-18)16-12-19-11-15(20-16)17(24)21-8-3-4-9-21/h2,11-12,23H,1,3-10,13-14H2. The average molecular weight is 330 g/mol. The molecule has 3 rings (SSSR count). The minimum absolute atomic E-state index is 0.0293. The number of aromatic nitrogens is 2. The summed E-state index contributed by atoms with van der Waals surface area (Å²) in [5, 5.41) is 9.85. The lowest BCUT2D eigenvalue weighted by molar-refractivity contribution is 0.0786. The molecule has 0 aliphatic carbocycles. The molecule has 130 valence electrons. The second-order valence-corrected chi connectivity index (χ2v) is 6.94. The molecule has 6 heteroatoms. The van der Waals surface area contributed by atoms with E-state index in [1.54, 1.807) is 12.4 Å². The molecule has 1 amide bonds. The van der Waals surface area contributed by atoms with E-state index in [0.29, 0.717) is 12.2 Å². The number of carbonyl (C=O) groups is 1. The van der Waals surface area contributed by atoms with Crippen molar-refractivity contribution in [3.8, 4) is 0 Å². The van der Waals surface area contributed by atoms with Gasteiger partial charge in [-0.05, 0) is 32.1 Å². The Balaban J connectivity index is 1.78. The van der Waals surface area contributed by atoms with Gasteiger partial charge in [-0.25, -0.2) is 4.98 Å². The van der Waals surface area contributed by atoms with Crippen molar-refractivity contribution in [2.24, 2.45) is 5.41 Å². The van der Waals surface area contributed by atoms with Gasteiger partial charge in [0.15, 0.2) is 0 Å². The Morgan fingerprint density at radius 3 is 2.79 bits per heavy atom. The molecule has 1 atom stereocenters. The number of allylic oxidation sites excluding steroid dienone is 1. The highest BCUT2D eigenvalue weighted by atomic mass is 16.3. The van der Waals surface area contributed by atoms with Gasteiger partial charge in [0.25, 0.3) is 5.91 Å². The summed E-state index contributed by atoms with van der Waals surface area (Å²) < 4.78 is 0. The van der Waals surface area contributed by atoms with Gasteiger partial charge in [0.1, 0.15) is 11.5 Å². The molecule has 0 spiro atoms. The summed E-state index contributed by atoms with van der Waals surface area (Å²) in [6.07, 6.45) is 10.0. The van der Waals surface area contributed by atoms with Crippen LogP contribution in [0, 0.1) is 5.41 Å². The van der Waals surface area contributed by atoms with E-state index in [2.05, 4.69) is 21.4 Å². The molecule has 0 bridgehead atoms. The van der Waals surface area contributed by atoms with E-state index in [-0.39, 0.29) is 17.9 Å². The van der Waals surface area contributed by atoms with Gasteiger partial charge in [-0.15, -0.1) is 6.58 Å². The highest BCUT2D eigenvalue weighted by Crippen LogP contribution is 2.34. The first kappa shape index (κ1) is 16.9. The molecule has 24 heavy (non-hydrogen) atoms. The highest BCUT2D eigenvalue weighted by Gasteiger charge is 2.34. The zero-order valence-electron chi connectivity index (χ0n) is 14.2. The SMILES string of the molecule is C=CCC1(CO)CCCN(c2cncc(C(=O)N3CCCC3)n2)C1. The van der Waals surface area contributed by atoms with Crippen LogP contribution >= 0.6 is 0 Å². The molecular formula is C18H26N4O2. The van der Waals surface area contributed by atoms with Crippen molar-refractivity contribution in [2.75, 3.05) is 37.7 Å². The third-order valence-corrected chi connectivity index (χ3v) is 5.13. The minimum Gasteiger partial charge on any atom is -0.396 e. The molecular weight excluding hydrogens is 304 g/mol. The number of nitrogens with zero attached hydrogens (tertiary/aromatic N) is 4. The molecule has 2 saturated heterocycles. The molecule has 0 saturated carbocycles. The Hall–Kier alpha value is -1.95. The monoisotopic (exact) mass is 330 g/mol. The normalized spacial score (nSPS) is 24.2. The van der Waals surface area contributed by atoms with Crippen molar-refractivity contribution in [3.05, 3.63) is 30.7 Å². The molecule has 2 aliphatic heterocycles. The van der Waals surface area contributed by atoms with Crippen molar-refractivity contribution in [3.63, 3.8) is 0 Å². The van der Waals surface area contributed by atoms with Crippen molar-refractivity contribution in [1.29, 1.82) is 0 Å². The number of anilines is 1. The Morgan fingerprint density at radius 1 is 1.29 bits per heavy atom. The van der Waals surface area contributed by atoms with Crippen LogP contribution in [0.4, 0.5) is 5.82 Å². The largest absolute Gasteiger partial charge is 0.396 e. The number of aliphatic hydroxyl groups is 1. The summed E-state index contributed by atoms with van der Waals surface area (Å²) in [6, 6.07) is 0. The number of rotatable bonds is 5. The van der Waals surface area contributed by atoms with Crippen LogP contribution in [0.3, 0.4) is 0 Å². The zero-order chi connectivity index (χ0) is 17.0. The fraction of sp³-hybridized carbons (Fsp3) is 0.611. The minimum atomic E-state index is -0.170. The van der Waals surface area contributed by atoms with E-state index in [1.165, 1.54) is 0 Å². The van der Waals surface area contributed by atoms with E-state index in [4.69, 9.17) is 0 Å². The molecule has 3 heterocycles. The van der Waals surface area contributed by atoms with Gasteiger partial charge in [0.2, 0.25) is 0 Å². The second-order valence-electron chi connectivity index (χ2n) is 6.94. The number of piperidine rings is 1. The number of carbonyl (C=O) groups excluding carboxylic acids is 1. The van der Waals surface area contributed by atoms with Crippen molar-refractivity contribution in [1.82, 2.24) is 14.9 Å². The van der Waals surface area contributed by atoms with Gasteiger partial charge in [0.05, 0.1) is 19.0 Å². The van der Waals surface area contributed by atoms with Gasteiger partial charge < -0.3 is 14.9 Å². The number of hydrogen-bond donors (Lipinski definition) is 1. The summed E-state index contributed by atoms with van der Waals surface area (Å²) in [7, 11) is 0. The molecule has 2 fully saturated rings. The molecule has 0 radical (unpaired) electrons. The molecule has 2 aliphatic rings. The summed E-state index contributed by atoms with van der Waals surface area (Å²) in [5.74, 6) is 0.694. The fourth-order valence-corrected chi connectivity index (χ4v) is 3.76. The lowest BCUT2D eigenvalue weighted by Crippen LogP contribution is -2.45. The molecule has 1 aromatic rings. The summed E-state index contributed by atoms with van der Waals surface area (Å²) in [4.78, 5) is 25.3. The van der Waals surface area contributed by atoms with Crippen LogP contribution in [0.25, 0.3) is 0 Å². The first-order chi connectivity index (χ1) is 11.7. The van der Waals surface area contributed by atoms with Crippen molar-refractivity contribution in [2.45, 2.75) is 32.1 Å². The molecule has 1 N–H and O–H groups in total. The molecule has 6 nitrogen and oxygen atoms in total. The lowest BCUT2D eigenvalue weighted by atomic mass is 9.78. The first-order valence-electron chi connectivity index (χ1n) is 8.75. The number of amides is 1. The smallest absolute Gasteiger partial charge is 0.274 e. The van der Waals surface area contributed by atoms with E-state index in [0.717, 1.165) is 57.6 Å². The summed E-state index contributed by atoms with van der Waals surface area (Å²) in [6.45, 7) is 7.15. The maximum absolute atomic E-state index is 12.5. The number of likely N-dealkylation sites (tertiary alicyclic amines) is 1. The second kappa shape index (κ2) is 7.30. The van der Waals surface area contributed by atoms with E-state index >= 15 is 0 Å². The Labute approximate surface area is 143 Å². The van der Waals surface area contributed by atoms with Crippen molar-refractivity contribution >= 4 is 11.7 Å². The third-order valence-electron chi connectivity index (χ3n) is 5.13. The predicted molar refractivity (Wildman–Crippen MR) is 92.9 cm³/mol. The Morgan fingerprint density at radius 2 is 2.08 bits per heavy atom. The van der Waals surface area contributed by atoms with Crippen LogP contribution in [0.1, 0.15) is 42.6 Å². The molecule has 1 aromatic heterocycles. The quantitative estimate of drug-likeness (QED) is 0.835. The lowest BCUT2D eigenvalue weighted by Gasteiger charge is -2.41. The van der Waals surface area contributed by atoms with Gasteiger partial charge in [-0.3, -0.25) is 9.78 Å². The number of aliphatic hydroxyl groups excluding tert-OH is 1. The number of hydrogen-bond acceptors (Lipinski definition) is 5. The highest BCUT2D eigenvalue weighted by molar-refractivity contribution is 5.92.